The number of fused-ring (bicyclic) bond motifs is 1. The molecule has 6 heteroatoms. The molecular weight excluding hydrogens is 296 g/mol. The molecule has 2 fully saturated rings. The van der Waals surface area contributed by atoms with Crippen molar-refractivity contribution in [2.24, 2.45) is 5.92 Å². The Morgan fingerprint density at radius 2 is 2.10 bits per heavy atom. The number of halogens is 1. The molecule has 2 aliphatic rings. The number of rotatable bonds is 2. The summed E-state index contributed by atoms with van der Waals surface area (Å²) in [5.41, 5.74) is 0.708. The van der Waals surface area contributed by atoms with E-state index in [0.29, 0.717) is 21.4 Å². The Hall–Kier alpha value is -0.620. The average Bonchev–Trinajstić information content (AvgIpc) is 2.87. The zero-order chi connectivity index (χ0) is 14.5. The van der Waals surface area contributed by atoms with E-state index in [9.17, 15) is 8.42 Å². The van der Waals surface area contributed by atoms with Crippen LogP contribution in [0.25, 0.3) is 0 Å². The summed E-state index contributed by atoms with van der Waals surface area (Å²) >= 11 is 5.93. The topological polar surface area (TPSA) is 49.4 Å². The minimum Gasteiger partial charge on any atom is -0.315 e. The summed E-state index contributed by atoms with van der Waals surface area (Å²) in [7, 11) is -3.45. The van der Waals surface area contributed by atoms with Crippen LogP contribution in [0.2, 0.25) is 5.02 Å². The summed E-state index contributed by atoms with van der Waals surface area (Å²) in [4.78, 5) is 0.376. The van der Waals surface area contributed by atoms with E-state index < -0.39 is 10.0 Å². The quantitative estimate of drug-likeness (QED) is 0.908. The van der Waals surface area contributed by atoms with Gasteiger partial charge >= 0.3 is 0 Å². The Morgan fingerprint density at radius 1 is 1.35 bits per heavy atom. The monoisotopic (exact) mass is 314 g/mol. The Balaban J connectivity index is 2.03. The number of hydrogen-bond donors (Lipinski definition) is 1. The van der Waals surface area contributed by atoms with Gasteiger partial charge in [-0.1, -0.05) is 11.6 Å². The molecule has 3 atom stereocenters. The zero-order valence-corrected chi connectivity index (χ0v) is 13.2. The van der Waals surface area contributed by atoms with Crippen molar-refractivity contribution in [1.82, 2.24) is 9.62 Å². The molecule has 3 unspecified atom stereocenters. The van der Waals surface area contributed by atoms with Gasteiger partial charge in [0.05, 0.1) is 4.90 Å². The number of sulfonamides is 1. The first-order valence-electron chi connectivity index (χ1n) is 6.91. The van der Waals surface area contributed by atoms with E-state index in [0.717, 1.165) is 19.5 Å². The molecular formula is C14H19ClN2O2S. The summed E-state index contributed by atoms with van der Waals surface area (Å²) < 4.78 is 27.7. The first-order chi connectivity index (χ1) is 9.41. The van der Waals surface area contributed by atoms with Gasteiger partial charge in [0.2, 0.25) is 10.0 Å². The van der Waals surface area contributed by atoms with Crippen LogP contribution in [0.1, 0.15) is 18.9 Å². The lowest BCUT2D eigenvalue weighted by Gasteiger charge is -2.27. The van der Waals surface area contributed by atoms with Crippen LogP contribution in [0.15, 0.2) is 23.1 Å². The van der Waals surface area contributed by atoms with Gasteiger partial charge in [-0.25, -0.2) is 8.42 Å². The van der Waals surface area contributed by atoms with Gasteiger partial charge in [-0.05, 0) is 56.5 Å². The molecule has 0 bridgehead atoms. The minimum atomic E-state index is -3.45. The van der Waals surface area contributed by atoms with Crippen molar-refractivity contribution in [1.29, 1.82) is 0 Å². The van der Waals surface area contributed by atoms with E-state index in [1.54, 1.807) is 29.4 Å². The van der Waals surface area contributed by atoms with Gasteiger partial charge in [0.25, 0.3) is 0 Å². The van der Waals surface area contributed by atoms with Crippen molar-refractivity contribution in [2.75, 3.05) is 13.1 Å². The lowest BCUT2D eigenvalue weighted by molar-refractivity contribution is 0.335. The van der Waals surface area contributed by atoms with Gasteiger partial charge in [-0.2, -0.15) is 4.31 Å². The van der Waals surface area contributed by atoms with E-state index >= 15 is 0 Å². The third-order valence-corrected chi connectivity index (χ3v) is 6.84. The first-order valence-corrected chi connectivity index (χ1v) is 8.73. The van der Waals surface area contributed by atoms with Gasteiger partial charge in [0.15, 0.2) is 0 Å². The van der Waals surface area contributed by atoms with E-state index in [2.05, 4.69) is 5.32 Å². The first kappa shape index (κ1) is 14.3. The SMILES string of the molecule is Cc1cc(Cl)ccc1S(=O)(=O)N1C(C)CC2CNCC21. The van der Waals surface area contributed by atoms with Crippen LogP contribution in [0, 0.1) is 12.8 Å². The maximum absolute atomic E-state index is 13.0. The molecule has 2 aliphatic heterocycles. The van der Waals surface area contributed by atoms with Crippen molar-refractivity contribution in [3.05, 3.63) is 28.8 Å². The van der Waals surface area contributed by atoms with E-state index in [-0.39, 0.29) is 12.1 Å². The lowest BCUT2D eigenvalue weighted by atomic mass is 10.0. The highest BCUT2D eigenvalue weighted by atomic mass is 35.5. The average molecular weight is 315 g/mol. The smallest absolute Gasteiger partial charge is 0.243 e. The molecule has 1 N–H and O–H groups in total. The maximum atomic E-state index is 13.0. The van der Waals surface area contributed by atoms with Gasteiger partial charge in [0.1, 0.15) is 0 Å². The van der Waals surface area contributed by atoms with E-state index in [1.165, 1.54) is 0 Å². The van der Waals surface area contributed by atoms with Gasteiger partial charge in [0, 0.05) is 23.7 Å². The highest BCUT2D eigenvalue weighted by molar-refractivity contribution is 7.89. The fourth-order valence-electron chi connectivity index (χ4n) is 3.56. The summed E-state index contributed by atoms with van der Waals surface area (Å²) in [6, 6.07) is 5.12. The Morgan fingerprint density at radius 3 is 2.80 bits per heavy atom. The maximum Gasteiger partial charge on any atom is 0.243 e. The number of hydrogen-bond acceptors (Lipinski definition) is 3. The molecule has 0 aromatic heterocycles. The highest BCUT2D eigenvalue weighted by Gasteiger charge is 2.48. The molecule has 2 heterocycles. The lowest BCUT2D eigenvalue weighted by Crippen LogP contribution is -2.42. The molecule has 0 amide bonds. The number of aryl methyl sites for hydroxylation is 1. The normalized spacial score (nSPS) is 30.6. The summed E-state index contributed by atoms with van der Waals surface area (Å²) in [5, 5.41) is 3.86. The third-order valence-electron chi connectivity index (χ3n) is 4.40. The molecule has 2 saturated heterocycles. The molecule has 1 aromatic rings. The van der Waals surface area contributed by atoms with E-state index in [4.69, 9.17) is 11.6 Å². The number of nitrogens with zero attached hydrogens (tertiary/aromatic N) is 1. The van der Waals surface area contributed by atoms with Crippen LogP contribution in [-0.4, -0.2) is 37.9 Å². The number of benzene rings is 1. The van der Waals surface area contributed by atoms with Crippen molar-refractivity contribution in [2.45, 2.75) is 37.2 Å². The molecule has 0 saturated carbocycles. The van der Waals surface area contributed by atoms with E-state index in [1.807, 2.05) is 6.92 Å². The Kier molecular flexibility index (Phi) is 3.57. The van der Waals surface area contributed by atoms with Crippen molar-refractivity contribution < 1.29 is 8.42 Å². The van der Waals surface area contributed by atoms with Crippen LogP contribution in [-0.2, 0) is 10.0 Å². The minimum absolute atomic E-state index is 0.0622. The Labute approximate surface area is 125 Å². The second-order valence-corrected chi connectivity index (χ2v) is 8.06. The van der Waals surface area contributed by atoms with Crippen molar-refractivity contribution in [3.8, 4) is 0 Å². The van der Waals surface area contributed by atoms with Crippen LogP contribution in [0.3, 0.4) is 0 Å². The van der Waals surface area contributed by atoms with Gasteiger partial charge in [-0.3, -0.25) is 0 Å². The van der Waals surface area contributed by atoms with Gasteiger partial charge in [-0.15, -0.1) is 0 Å². The Bertz CT molecular complexity index is 632. The van der Waals surface area contributed by atoms with Crippen molar-refractivity contribution in [3.63, 3.8) is 0 Å². The predicted octanol–water partition coefficient (Wildman–Crippen LogP) is 2.02. The molecule has 0 radical (unpaired) electrons. The van der Waals surface area contributed by atoms with Gasteiger partial charge < -0.3 is 5.32 Å². The fourth-order valence-corrected chi connectivity index (χ4v) is 5.88. The highest BCUT2D eigenvalue weighted by Crippen LogP contribution is 2.37. The number of nitrogens with one attached hydrogen (secondary N) is 1. The molecule has 20 heavy (non-hydrogen) atoms. The molecule has 0 spiro atoms. The molecule has 110 valence electrons. The largest absolute Gasteiger partial charge is 0.315 e. The second-order valence-electron chi connectivity index (χ2n) is 5.82. The van der Waals surface area contributed by atoms with Crippen LogP contribution in [0.5, 0.6) is 0 Å². The predicted molar refractivity (Wildman–Crippen MR) is 79.4 cm³/mol. The van der Waals surface area contributed by atoms with Crippen LogP contribution >= 0.6 is 11.6 Å². The third kappa shape index (κ3) is 2.17. The molecule has 4 nitrogen and oxygen atoms in total. The summed E-state index contributed by atoms with van der Waals surface area (Å²) in [6.45, 7) is 5.46. The van der Waals surface area contributed by atoms with Crippen molar-refractivity contribution >= 4 is 21.6 Å². The standard InChI is InChI=1S/C14H19ClN2O2S/c1-9-5-12(15)3-4-14(9)20(18,19)17-10(2)6-11-7-16-8-13(11)17/h3-5,10-11,13,16H,6-8H2,1-2H3. The molecule has 0 aliphatic carbocycles. The molecule has 3 rings (SSSR count). The molecule has 1 aromatic carbocycles. The zero-order valence-electron chi connectivity index (χ0n) is 11.6. The fraction of sp³-hybridized carbons (Fsp3) is 0.571. The summed E-state index contributed by atoms with van der Waals surface area (Å²) in [6.07, 6.45) is 0.934. The van der Waals surface area contributed by atoms with Crippen LogP contribution < -0.4 is 5.32 Å². The summed E-state index contributed by atoms with van der Waals surface area (Å²) in [5.74, 6) is 0.437. The second kappa shape index (κ2) is 4.98. The van der Waals surface area contributed by atoms with Crippen LogP contribution in [0.4, 0.5) is 0 Å².